The van der Waals surface area contributed by atoms with Gasteiger partial charge in [0.1, 0.15) is 0 Å². The topological polar surface area (TPSA) is 78.4 Å². The fourth-order valence-electron chi connectivity index (χ4n) is 1.38. The minimum Gasteiger partial charge on any atom is -0.387 e. The van der Waals surface area contributed by atoms with Gasteiger partial charge in [0, 0.05) is 12.1 Å². The minimum atomic E-state index is -3.33. The Balaban J connectivity index is 3.00. The highest BCUT2D eigenvalue weighted by atomic mass is 32.2. The van der Waals surface area contributed by atoms with Crippen molar-refractivity contribution in [2.75, 3.05) is 24.6 Å². The van der Waals surface area contributed by atoms with E-state index in [4.69, 9.17) is 0 Å². The zero-order valence-electron chi connectivity index (χ0n) is 9.27. The van der Waals surface area contributed by atoms with Crippen molar-refractivity contribution in [1.82, 2.24) is 5.32 Å². The van der Waals surface area contributed by atoms with Crippen molar-refractivity contribution >= 4 is 15.7 Å². The molecule has 0 saturated carbocycles. The monoisotopic (exact) mass is 244 g/mol. The summed E-state index contributed by atoms with van der Waals surface area (Å²) in [5.74, 6) is 0. The summed E-state index contributed by atoms with van der Waals surface area (Å²) in [6.45, 7) is 0.364. The smallest absolute Gasteiger partial charge is 0.229 e. The van der Waals surface area contributed by atoms with Crippen molar-refractivity contribution in [2.45, 2.75) is 6.10 Å². The van der Waals surface area contributed by atoms with Gasteiger partial charge in [-0.05, 0) is 13.1 Å². The van der Waals surface area contributed by atoms with Gasteiger partial charge in [0.05, 0.1) is 18.0 Å². The average molecular weight is 244 g/mol. The lowest BCUT2D eigenvalue weighted by Gasteiger charge is -2.15. The van der Waals surface area contributed by atoms with Crippen molar-refractivity contribution in [3.8, 4) is 0 Å². The number of hydrogen-bond acceptors (Lipinski definition) is 4. The number of para-hydroxylation sites is 1. The normalized spacial score (nSPS) is 13.4. The van der Waals surface area contributed by atoms with Gasteiger partial charge in [-0.1, -0.05) is 18.2 Å². The number of aliphatic hydroxyl groups is 1. The quantitative estimate of drug-likeness (QED) is 0.696. The Bertz CT molecular complexity index is 445. The van der Waals surface area contributed by atoms with Crippen LogP contribution in [0.15, 0.2) is 24.3 Å². The molecule has 1 atom stereocenters. The molecule has 0 fully saturated rings. The minimum absolute atomic E-state index is 0.364. The van der Waals surface area contributed by atoms with E-state index >= 15 is 0 Å². The first-order chi connectivity index (χ1) is 7.44. The van der Waals surface area contributed by atoms with Crippen LogP contribution in [0.2, 0.25) is 0 Å². The Morgan fingerprint density at radius 2 is 2.00 bits per heavy atom. The van der Waals surface area contributed by atoms with Gasteiger partial charge in [-0.3, -0.25) is 4.72 Å². The maximum atomic E-state index is 11.1. The van der Waals surface area contributed by atoms with E-state index in [2.05, 4.69) is 10.0 Å². The predicted octanol–water partition coefficient (Wildman–Crippen LogP) is 0.311. The summed E-state index contributed by atoms with van der Waals surface area (Å²) in [6, 6.07) is 6.77. The third-order valence-electron chi connectivity index (χ3n) is 2.01. The molecule has 0 aliphatic rings. The van der Waals surface area contributed by atoms with Gasteiger partial charge in [0.15, 0.2) is 0 Å². The third kappa shape index (κ3) is 3.80. The summed E-state index contributed by atoms with van der Waals surface area (Å²) in [7, 11) is -1.61. The molecule has 0 amide bonds. The standard InChI is InChI=1S/C10H16N2O3S/c1-11-7-10(13)8-5-3-4-6-9(8)12-16(2,14)15/h3-6,10-13H,7H2,1-2H3. The highest BCUT2D eigenvalue weighted by Gasteiger charge is 2.13. The van der Waals surface area contributed by atoms with Crippen molar-refractivity contribution in [3.05, 3.63) is 29.8 Å². The van der Waals surface area contributed by atoms with Crippen LogP contribution in [-0.4, -0.2) is 33.4 Å². The fraction of sp³-hybridized carbons (Fsp3) is 0.400. The summed E-state index contributed by atoms with van der Waals surface area (Å²) >= 11 is 0. The van der Waals surface area contributed by atoms with Gasteiger partial charge in [-0.2, -0.15) is 0 Å². The second-order valence-electron chi connectivity index (χ2n) is 3.53. The zero-order chi connectivity index (χ0) is 12.2. The van der Waals surface area contributed by atoms with Crippen LogP contribution >= 0.6 is 0 Å². The molecular weight excluding hydrogens is 228 g/mol. The van der Waals surface area contributed by atoms with E-state index in [9.17, 15) is 13.5 Å². The molecule has 16 heavy (non-hydrogen) atoms. The van der Waals surface area contributed by atoms with Crippen molar-refractivity contribution in [1.29, 1.82) is 0 Å². The molecule has 90 valence electrons. The molecule has 0 bridgehead atoms. The number of anilines is 1. The van der Waals surface area contributed by atoms with Crippen LogP contribution in [0.5, 0.6) is 0 Å². The molecule has 0 aliphatic heterocycles. The molecule has 6 heteroatoms. The molecule has 0 heterocycles. The van der Waals surface area contributed by atoms with Gasteiger partial charge >= 0.3 is 0 Å². The van der Waals surface area contributed by atoms with Crippen LogP contribution in [0, 0.1) is 0 Å². The van der Waals surface area contributed by atoms with Crippen LogP contribution in [0.1, 0.15) is 11.7 Å². The van der Waals surface area contributed by atoms with Gasteiger partial charge in [0.25, 0.3) is 0 Å². The fourth-order valence-corrected chi connectivity index (χ4v) is 1.97. The molecule has 1 aromatic rings. The molecular formula is C10H16N2O3S. The first-order valence-corrected chi connectivity index (χ1v) is 6.72. The summed E-state index contributed by atoms with van der Waals surface area (Å²) in [5, 5.41) is 12.6. The first kappa shape index (κ1) is 13.0. The zero-order valence-corrected chi connectivity index (χ0v) is 10.1. The van der Waals surface area contributed by atoms with E-state index < -0.39 is 16.1 Å². The lowest BCUT2D eigenvalue weighted by atomic mass is 10.1. The third-order valence-corrected chi connectivity index (χ3v) is 2.60. The molecule has 0 aliphatic carbocycles. The molecule has 0 radical (unpaired) electrons. The second kappa shape index (κ2) is 5.29. The van der Waals surface area contributed by atoms with Crippen molar-refractivity contribution < 1.29 is 13.5 Å². The Hall–Kier alpha value is -1.11. The average Bonchev–Trinajstić information content (AvgIpc) is 2.16. The molecule has 0 aromatic heterocycles. The predicted molar refractivity (Wildman–Crippen MR) is 63.8 cm³/mol. The first-order valence-electron chi connectivity index (χ1n) is 4.83. The van der Waals surface area contributed by atoms with E-state index in [-0.39, 0.29) is 0 Å². The number of nitrogens with one attached hydrogen (secondary N) is 2. The van der Waals surface area contributed by atoms with Gasteiger partial charge in [-0.15, -0.1) is 0 Å². The maximum Gasteiger partial charge on any atom is 0.229 e. The largest absolute Gasteiger partial charge is 0.387 e. The molecule has 5 nitrogen and oxygen atoms in total. The van der Waals surface area contributed by atoms with E-state index in [1.165, 1.54) is 0 Å². The number of sulfonamides is 1. The summed E-state index contributed by atoms with van der Waals surface area (Å²) < 4.78 is 24.6. The Labute approximate surface area is 95.5 Å². The van der Waals surface area contributed by atoms with Gasteiger partial charge < -0.3 is 10.4 Å². The summed E-state index contributed by atoms with van der Waals surface area (Å²) in [5.41, 5.74) is 0.968. The van der Waals surface area contributed by atoms with Crippen molar-refractivity contribution in [2.24, 2.45) is 0 Å². The van der Waals surface area contributed by atoms with Crippen LogP contribution in [0.4, 0.5) is 5.69 Å². The van der Waals surface area contributed by atoms with Gasteiger partial charge in [-0.25, -0.2) is 8.42 Å². The number of rotatable bonds is 5. The highest BCUT2D eigenvalue weighted by molar-refractivity contribution is 7.92. The second-order valence-corrected chi connectivity index (χ2v) is 5.28. The molecule has 3 N–H and O–H groups in total. The molecule has 1 aromatic carbocycles. The molecule has 0 spiro atoms. The van der Waals surface area contributed by atoms with Crippen LogP contribution in [0.3, 0.4) is 0 Å². The number of likely N-dealkylation sites (N-methyl/N-ethyl adjacent to an activating group) is 1. The van der Waals surface area contributed by atoms with E-state index in [1.54, 1.807) is 31.3 Å². The number of benzene rings is 1. The summed E-state index contributed by atoms with van der Waals surface area (Å²) in [4.78, 5) is 0. The SMILES string of the molecule is CNCC(O)c1ccccc1NS(C)(=O)=O. The van der Waals surface area contributed by atoms with E-state index in [0.717, 1.165) is 6.26 Å². The Kier molecular flexibility index (Phi) is 4.28. The van der Waals surface area contributed by atoms with E-state index in [0.29, 0.717) is 17.8 Å². The Morgan fingerprint density at radius 3 is 2.56 bits per heavy atom. The lowest BCUT2D eigenvalue weighted by Crippen LogP contribution is -2.19. The van der Waals surface area contributed by atoms with Crippen LogP contribution < -0.4 is 10.0 Å². The molecule has 1 rings (SSSR count). The van der Waals surface area contributed by atoms with Crippen LogP contribution in [0.25, 0.3) is 0 Å². The number of hydrogen-bond donors (Lipinski definition) is 3. The lowest BCUT2D eigenvalue weighted by molar-refractivity contribution is 0.178. The highest BCUT2D eigenvalue weighted by Crippen LogP contribution is 2.22. The molecule has 0 saturated heterocycles. The Morgan fingerprint density at radius 1 is 1.38 bits per heavy atom. The maximum absolute atomic E-state index is 11.1. The summed E-state index contributed by atoms with van der Waals surface area (Å²) in [6.07, 6.45) is 0.337. The number of aliphatic hydroxyl groups excluding tert-OH is 1. The molecule has 1 unspecified atom stereocenters. The van der Waals surface area contributed by atoms with E-state index in [1.807, 2.05) is 0 Å². The van der Waals surface area contributed by atoms with Gasteiger partial charge in [0.2, 0.25) is 10.0 Å². The van der Waals surface area contributed by atoms with Crippen molar-refractivity contribution in [3.63, 3.8) is 0 Å². The van der Waals surface area contributed by atoms with Crippen LogP contribution in [-0.2, 0) is 10.0 Å².